The summed E-state index contributed by atoms with van der Waals surface area (Å²) >= 11 is 0. The van der Waals surface area contributed by atoms with E-state index < -0.39 is 5.54 Å². The number of anilines is 1. The second kappa shape index (κ2) is 6.01. The van der Waals surface area contributed by atoms with E-state index in [0.717, 1.165) is 24.8 Å². The Morgan fingerprint density at radius 3 is 2.17 bits per heavy atom. The van der Waals surface area contributed by atoms with E-state index in [1.54, 1.807) is 12.1 Å². The van der Waals surface area contributed by atoms with Crippen LogP contribution in [0.3, 0.4) is 0 Å². The number of carbonyl (C=O) groups is 1. The minimum Gasteiger partial charge on any atom is -0.399 e. The van der Waals surface area contributed by atoms with Crippen LogP contribution < -0.4 is 5.73 Å². The quantitative estimate of drug-likeness (QED) is 0.622. The molecule has 0 aliphatic heterocycles. The predicted octanol–water partition coefficient (Wildman–Crippen LogP) is 2.96. The normalized spacial score (nSPS) is 14.5. The first-order valence-corrected chi connectivity index (χ1v) is 6.55. The SMILES string of the molecule is CCCC(CC)(C(=O)c1ccc(N)cc1)N(C)C. The standard InChI is InChI=1S/C15H24N2O/c1-5-11-15(6-2,17(3)4)14(18)12-7-9-13(16)10-8-12/h7-10H,5-6,11,16H2,1-4H3. The highest BCUT2D eigenvalue weighted by Crippen LogP contribution is 2.28. The van der Waals surface area contributed by atoms with Crippen molar-refractivity contribution in [1.82, 2.24) is 4.90 Å². The Bertz CT molecular complexity index is 397. The lowest BCUT2D eigenvalue weighted by atomic mass is 9.81. The van der Waals surface area contributed by atoms with Crippen molar-refractivity contribution in [3.05, 3.63) is 29.8 Å². The molecule has 0 saturated heterocycles. The monoisotopic (exact) mass is 248 g/mol. The fourth-order valence-electron chi connectivity index (χ4n) is 2.51. The number of nitrogens with zero attached hydrogens (tertiary/aromatic N) is 1. The highest BCUT2D eigenvalue weighted by atomic mass is 16.1. The van der Waals surface area contributed by atoms with Crippen LogP contribution in [0.15, 0.2) is 24.3 Å². The molecule has 1 aromatic rings. The van der Waals surface area contributed by atoms with Crippen molar-refractivity contribution in [1.29, 1.82) is 0 Å². The lowest BCUT2D eigenvalue weighted by molar-refractivity contribution is 0.0640. The molecule has 18 heavy (non-hydrogen) atoms. The Balaban J connectivity index is 3.13. The van der Waals surface area contributed by atoms with Crippen LogP contribution in [0.1, 0.15) is 43.5 Å². The Morgan fingerprint density at radius 1 is 1.22 bits per heavy atom. The summed E-state index contributed by atoms with van der Waals surface area (Å²) in [5.41, 5.74) is 6.70. The van der Waals surface area contributed by atoms with Gasteiger partial charge in [-0.25, -0.2) is 0 Å². The van der Waals surface area contributed by atoms with Crippen molar-refractivity contribution in [3.8, 4) is 0 Å². The van der Waals surface area contributed by atoms with Gasteiger partial charge in [-0.2, -0.15) is 0 Å². The van der Waals surface area contributed by atoms with Gasteiger partial charge in [0.15, 0.2) is 5.78 Å². The Labute approximate surface area is 110 Å². The maximum absolute atomic E-state index is 12.8. The summed E-state index contributed by atoms with van der Waals surface area (Å²) in [5, 5.41) is 0. The van der Waals surface area contributed by atoms with Crippen molar-refractivity contribution in [2.75, 3.05) is 19.8 Å². The molecule has 2 N–H and O–H groups in total. The summed E-state index contributed by atoms with van der Waals surface area (Å²) in [4.78, 5) is 14.8. The minimum absolute atomic E-state index is 0.192. The van der Waals surface area contributed by atoms with E-state index in [4.69, 9.17) is 5.73 Å². The number of likely N-dealkylation sites (N-methyl/N-ethyl adjacent to an activating group) is 1. The number of rotatable bonds is 6. The maximum atomic E-state index is 12.8. The van der Waals surface area contributed by atoms with Crippen molar-refractivity contribution in [2.45, 2.75) is 38.6 Å². The molecule has 1 aromatic carbocycles. The number of hydrogen-bond donors (Lipinski definition) is 1. The fraction of sp³-hybridized carbons (Fsp3) is 0.533. The van der Waals surface area contributed by atoms with Crippen molar-refractivity contribution in [3.63, 3.8) is 0 Å². The molecule has 0 heterocycles. The van der Waals surface area contributed by atoms with Crippen LogP contribution >= 0.6 is 0 Å². The summed E-state index contributed by atoms with van der Waals surface area (Å²) in [5.74, 6) is 0.192. The zero-order valence-electron chi connectivity index (χ0n) is 11.9. The van der Waals surface area contributed by atoms with Crippen LogP contribution in [0.5, 0.6) is 0 Å². The van der Waals surface area contributed by atoms with Gasteiger partial charge in [0.2, 0.25) is 0 Å². The van der Waals surface area contributed by atoms with Crippen molar-refractivity contribution >= 4 is 11.5 Å². The molecule has 0 amide bonds. The molecule has 1 atom stereocenters. The molecule has 3 heteroatoms. The van der Waals surface area contributed by atoms with Crippen LogP contribution in [0, 0.1) is 0 Å². The molecule has 0 fully saturated rings. The van der Waals surface area contributed by atoms with Gasteiger partial charge in [0.1, 0.15) is 0 Å². The molecule has 0 aliphatic rings. The first-order valence-electron chi connectivity index (χ1n) is 6.55. The molecular formula is C15H24N2O. The van der Waals surface area contributed by atoms with Gasteiger partial charge >= 0.3 is 0 Å². The van der Waals surface area contributed by atoms with Crippen LogP contribution in [-0.2, 0) is 0 Å². The predicted molar refractivity (Wildman–Crippen MR) is 76.8 cm³/mol. The zero-order valence-corrected chi connectivity index (χ0v) is 11.9. The Kier molecular flexibility index (Phi) is 4.91. The van der Waals surface area contributed by atoms with Crippen LogP contribution in [-0.4, -0.2) is 30.3 Å². The minimum atomic E-state index is -0.398. The number of ketones is 1. The highest BCUT2D eigenvalue weighted by Gasteiger charge is 2.38. The van der Waals surface area contributed by atoms with Gasteiger partial charge < -0.3 is 5.73 Å². The zero-order chi connectivity index (χ0) is 13.8. The number of benzene rings is 1. The topological polar surface area (TPSA) is 46.3 Å². The van der Waals surface area contributed by atoms with Gasteiger partial charge in [-0.1, -0.05) is 20.3 Å². The molecule has 0 aliphatic carbocycles. The smallest absolute Gasteiger partial charge is 0.183 e. The third-order valence-electron chi connectivity index (χ3n) is 3.70. The number of nitrogen functional groups attached to an aromatic ring is 1. The van der Waals surface area contributed by atoms with E-state index >= 15 is 0 Å². The average Bonchev–Trinajstić information content (AvgIpc) is 2.35. The summed E-state index contributed by atoms with van der Waals surface area (Å²) in [6.45, 7) is 4.19. The summed E-state index contributed by atoms with van der Waals surface area (Å²) < 4.78 is 0. The third kappa shape index (κ3) is 2.72. The number of hydrogen-bond acceptors (Lipinski definition) is 3. The van der Waals surface area contributed by atoms with Crippen molar-refractivity contribution in [2.24, 2.45) is 0 Å². The van der Waals surface area contributed by atoms with Crippen molar-refractivity contribution < 1.29 is 4.79 Å². The number of Topliss-reactive ketones (excluding diaryl/α,β-unsaturated/α-hetero) is 1. The first kappa shape index (κ1) is 14.7. The van der Waals surface area contributed by atoms with Gasteiger partial charge in [-0.15, -0.1) is 0 Å². The van der Waals surface area contributed by atoms with E-state index in [9.17, 15) is 4.79 Å². The second-order valence-corrected chi connectivity index (χ2v) is 4.98. The van der Waals surface area contributed by atoms with E-state index in [1.807, 2.05) is 26.2 Å². The van der Waals surface area contributed by atoms with Crippen LogP contribution in [0.25, 0.3) is 0 Å². The largest absolute Gasteiger partial charge is 0.399 e. The molecule has 0 bridgehead atoms. The van der Waals surface area contributed by atoms with Gasteiger partial charge in [0.25, 0.3) is 0 Å². The van der Waals surface area contributed by atoms with Crippen LogP contribution in [0.4, 0.5) is 5.69 Å². The van der Waals surface area contributed by atoms with Gasteiger partial charge in [-0.3, -0.25) is 9.69 Å². The van der Waals surface area contributed by atoms with Gasteiger partial charge in [0, 0.05) is 11.3 Å². The summed E-state index contributed by atoms with van der Waals surface area (Å²) in [6, 6.07) is 7.22. The fourth-order valence-corrected chi connectivity index (χ4v) is 2.51. The first-order chi connectivity index (χ1) is 8.47. The number of carbonyl (C=O) groups excluding carboxylic acids is 1. The van der Waals surface area contributed by atoms with E-state index in [2.05, 4.69) is 18.7 Å². The summed E-state index contributed by atoms with van der Waals surface area (Å²) in [7, 11) is 3.96. The van der Waals surface area contributed by atoms with E-state index in [1.165, 1.54) is 0 Å². The van der Waals surface area contributed by atoms with Gasteiger partial charge in [-0.05, 0) is 51.2 Å². The molecule has 0 spiro atoms. The molecule has 100 valence electrons. The Morgan fingerprint density at radius 2 is 1.78 bits per heavy atom. The Hall–Kier alpha value is -1.35. The maximum Gasteiger partial charge on any atom is 0.183 e. The molecular weight excluding hydrogens is 224 g/mol. The molecule has 1 unspecified atom stereocenters. The summed E-state index contributed by atoms with van der Waals surface area (Å²) in [6.07, 6.45) is 2.68. The third-order valence-corrected chi connectivity index (χ3v) is 3.70. The molecule has 0 saturated carbocycles. The van der Waals surface area contributed by atoms with Crippen LogP contribution in [0.2, 0.25) is 0 Å². The molecule has 1 rings (SSSR count). The van der Waals surface area contributed by atoms with E-state index in [0.29, 0.717) is 5.69 Å². The van der Waals surface area contributed by atoms with E-state index in [-0.39, 0.29) is 5.78 Å². The molecule has 0 aromatic heterocycles. The lowest BCUT2D eigenvalue weighted by Gasteiger charge is -2.38. The molecule has 0 radical (unpaired) electrons. The highest BCUT2D eigenvalue weighted by molar-refractivity contribution is 6.03. The lowest BCUT2D eigenvalue weighted by Crippen LogP contribution is -2.50. The van der Waals surface area contributed by atoms with Gasteiger partial charge in [0.05, 0.1) is 5.54 Å². The second-order valence-electron chi connectivity index (χ2n) is 4.98. The number of nitrogens with two attached hydrogens (primary N) is 1. The molecule has 3 nitrogen and oxygen atoms in total. The average molecular weight is 248 g/mol.